The molecule has 2 heteroatoms. The Labute approximate surface area is 105 Å². The number of benzene rings is 1. The fraction of sp³-hybridized carbons (Fsp3) is 0.600. The predicted octanol–water partition coefficient (Wildman–Crippen LogP) is 3.61. The van der Waals surface area contributed by atoms with Gasteiger partial charge in [-0.05, 0) is 37.5 Å². The van der Waals surface area contributed by atoms with Gasteiger partial charge in [-0.15, -0.1) is 0 Å². The second kappa shape index (κ2) is 7.33. The molecule has 2 atom stereocenters. The Bertz CT molecular complexity index is 307. The molecule has 0 amide bonds. The summed E-state index contributed by atoms with van der Waals surface area (Å²) in [6, 6.07) is 8.89. The largest absolute Gasteiger partial charge is 0.494 e. The maximum absolute atomic E-state index is 5.42. The van der Waals surface area contributed by atoms with Crippen molar-refractivity contribution in [2.75, 3.05) is 6.61 Å². The van der Waals surface area contributed by atoms with Crippen LogP contribution in [0.25, 0.3) is 0 Å². The molecule has 1 aromatic rings. The lowest BCUT2D eigenvalue weighted by Crippen LogP contribution is -2.31. The molecule has 17 heavy (non-hydrogen) atoms. The van der Waals surface area contributed by atoms with Gasteiger partial charge < -0.3 is 10.1 Å². The predicted molar refractivity (Wildman–Crippen MR) is 73.4 cm³/mol. The molecule has 2 nitrogen and oxygen atoms in total. The summed E-state index contributed by atoms with van der Waals surface area (Å²) in [4.78, 5) is 0. The lowest BCUT2D eigenvalue weighted by molar-refractivity contribution is 0.340. The van der Waals surface area contributed by atoms with Crippen LogP contribution in [0.4, 0.5) is 0 Å². The normalized spacial score (nSPS) is 14.4. The van der Waals surface area contributed by atoms with E-state index in [2.05, 4.69) is 38.2 Å². The van der Waals surface area contributed by atoms with Crippen LogP contribution in [0.2, 0.25) is 0 Å². The van der Waals surface area contributed by atoms with Crippen LogP contribution < -0.4 is 10.1 Å². The van der Waals surface area contributed by atoms with E-state index < -0.39 is 0 Å². The van der Waals surface area contributed by atoms with E-state index in [4.69, 9.17) is 4.74 Å². The molecule has 0 fully saturated rings. The van der Waals surface area contributed by atoms with Crippen LogP contribution in [-0.4, -0.2) is 12.6 Å². The molecule has 0 saturated carbocycles. The summed E-state index contributed by atoms with van der Waals surface area (Å²) in [7, 11) is 0. The van der Waals surface area contributed by atoms with Crippen molar-refractivity contribution in [3.8, 4) is 5.75 Å². The van der Waals surface area contributed by atoms with Crippen LogP contribution >= 0.6 is 0 Å². The molecule has 0 aromatic heterocycles. The molecule has 96 valence electrons. The first-order valence-corrected chi connectivity index (χ1v) is 6.62. The third-order valence-corrected chi connectivity index (χ3v) is 3.36. The average molecular weight is 235 g/mol. The minimum absolute atomic E-state index is 0.562. The summed E-state index contributed by atoms with van der Waals surface area (Å²) < 4.78 is 5.42. The van der Waals surface area contributed by atoms with Gasteiger partial charge in [0.1, 0.15) is 5.75 Å². The third kappa shape index (κ3) is 4.78. The molecule has 0 spiro atoms. The highest BCUT2D eigenvalue weighted by atomic mass is 16.5. The van der Waals surface area contributed by atoms with Crippen LogP contribution in [0.15, 0.2) is 24.3 Å². The minimum atomic E-state index is 0.562. The van der Waals surface area contributed by atoms with E-state index in [1.165, 1.54) is 12.0 Å². The molecule has 0 saturated heterocycles. The average Bonchev–Trinajstić information content (AvgIpc) is 2.37. The highest BCUT2D eigenvalue weighted by Crippen LogP contribution is 2.13. The Morgan fingerprint density at radius 3 is 2.29 bits per heavy atom. The number of hydrogen-bond acceptors (Lipinski definition) is 2. The summed E-state index contributed by atoms with van der Waals surface area (Å²) >= 11 is 0. The Morgan fingerprint density at radius 1 is 1.12 bits per heavy atom. The molecule has 2 unspecified atom stereocenters. The molecule has 0 aliphatic rings. The van der Waals surface area contributed by atoms with E-state index in [9.17, 15) is 0 Å². The van der Waals surface area contributed by atoms with Crippen LogP contribution in [0.3, 0.4) is 0 Å². The summed E-state index contributed by atoms with van der Waals surface area (Å²) in [5, 5.41) is 3.56. The molecule has 0 bridgehead atoms. The maximum atomic E-state index is 5.42. The zero-order valence-electron chi connectivity index (χ0n) is 11.5. The fourth-order valence-electron chi connectivity index (χ4n) is 1.70. The first kappa shape index (κ1) is 14.0. The van der Waals surface area contributed by atoms with Crippen LogP contribution in [0.1, 0.15) is 39.7 Å². The van der Waals surface area contributed by atoms with E-state index in [-0.39, 0.29) is 0 Å². The first-order valence-electron chi connectivity index (χ1n) is 6.62. The van der Waals surface area contributed by atoms with Crippen molar-refractivity contribution in [1.82, 2.24) is 5.32 Å². The maximum Gasteiger partial charge on any atom is 0.119 e. The number of nitrogens with one attached hydrogen (secondary N) is 1. The highest BCUT2D eigenvalue weighted by Gasteiger charge is 2.08. The Balaban J connectivity index is 2.41. The quantitative estimate of drug-likeness (QED) is 0.779. The zero-order chi connectivity index (χ0) is 12.7. The van der Waals surface area contributed by atoms with E-state index in [0.717, 1.165) is 24.8 Å². The molecule has 1 N–H and O–H groups in total. The number of rotatable bonds is 7. The second-order valence-electron chi connectivity index (χ2n) is 4.63. The highest BCUT2D eigenvalue weighted by molar-refractivity contribution is 5.27. The van der Waals surface area contributed by atoms with Gasteiger partial charge in [0.15, 0.2) is 0 Å². The zero-order valence-corrected chi connectivity index (χ0v) is 11.5. The SMILES string of the molecule is CCOc1ccc(CNC(C)C(C)CC)cc1. The van der Waals surface area contributed by atoms with Gasteiger partial charge in [-0.3, -0.25) is 0 Å². The lowest BCUT2D eigenvalue weighted by Gasteiger charge is -2.20. The van der Waals surface area contributed by atoms with Gasteiger partial charge >= 0.3 is 0 Å². The monoisotopic (exact) mass is 235 g/mol. The first-order chi connectivity index (χ1) is 8.17. The van der Waals surface area contributed by atoms with Crippen molar-refractivity contribution in [2.24, 2.45) is 5.92 Å². The van der Waals surface area contributed by atoms with Gasteiger partial charge in [0, 0.05) is 12.6 Å². The Kier molecular flexibility index (Phi) is 6.06. The molecule has 0 aliphatic carbocycles. The molecule has 1 aromatic carbocycles. The molecule has 0 aliphatic heterocycles. The Morgan fingerprint density at radius 2 is 1.76 bits per heavy atom. The molecule has 0 heterocycles. The molecule has 0 radical (unpaired) electrons. The molecular formula is C15H25NO. The van der Waals surface area contributed by atoms with E-state index >= 15 is 0 Å². The van der Waals surface area contributed by atoms with Crippen molar-refractivity contribution < 1.29 is 4.74 Å². The summed E-state index contributed by atoms with van der Waals surface area (Å²) in [5.74, 6) is 1.67. The van der Waals surface area contributed by atoms with Gasteiger partial charge in [0.05, 0.1) is 6.61 Å². The van der Waals surface area contributed by atoms with E-state index in [0.29, 0.717) is 6.04 Å². The van der Waals surface area contributed by atoms with Gasteiger partial charge in [-0.1, -0.05) is 32.4 Å². The van der Waals surface area contributed by atoms with Gasteiger partial charge in [0.25, 0.3) is 0 Å². The third-order valence-electron chi connectivity index (χ3n) is 3.36. The van der Waals surface area contributed by atoms with Crippen molar-refractivity contribution in [3.05, 3.63) is 29.8 Å². The second-order valence-corrected chi connectivity index (χ2v) is 4.63. The topological polar surface area (TPSA) is 21.3 Å². The van der Waals surface area contributed by atoms with Crippen molar-refractivity contribution in [1.29, 1.82) is 0 Å². The molecular weight excluding hydrogens is 210 g/mol. The lowest BCUT2D eigenvalue weighted by atomic mass is 10.0. The summed E-state index contributed by atoms with van der Waals surface area (Å²) in [5.41, 5.74) is 1.31. The van der Waals surface area contributed by atoms with Crippen LogP contribution in [0, 0.1) is 5.92 Å². The van der Waals surface area contributed by atoms with Gasteiger partial charge in [-0.2, -0.15) is 0 Å². The van der Waals surface area contributed by atoms with Crippen LogP contribution in [-0.2, 0) is 6.54 Å². The summed E-state index contributed by atoms with van der Waals surface area (Å²) in [6.45, 7) is 10.4. The van der Waals surface area contributed by atoms with E-state index in [1.807, 2.05) is 19.1 Å². The fourth-order valence-corrected chi connectivity index (χ4v) is 1.70. The van der Waals surface area contributed by atoms with Crippen molar-refractivity contribution >= 4 is 0 Å². The van der Waals surface area contributed by atoms with E-state index in [1.54, 1.807) is 0 Å². The Hall–Kier alpha value is -1.02. The van der Waals surface area contributed by atoms with Crippen LogP contribution in [0.5, 0.6) is 5.75 Å². The standard InChI is InChI=1S/C15H25NO/c1-5-12(3)13(4)16-11-14-7-9-15(10-8-14)17-6-2/h7-10,12-13,16H,5-6,11H2,1-4H3. The molecule has 1 rings (SSSR count). The van der Waals surface area contributed by atoms with Gasteiger partial charge in [-0.25, -0.2) is 0 Å². The van der Waals surface area contributed by atoms with Crippen molar-refractivity contribution in [2.45, 2.75) is 46.7 Å². The number of hydrogen-bond donors (Lipinski definition) is 1. The minimum Gasteiger partial charge on any atom is -0.494 e. The summed E-state index contributed by atoms with van der Waals surface area (Å²) in [6.07, 6.45) is 1.22. The van der Waals surface area contributed by atoms with Crippen molar-refractivity contribution in [3.63, 3.8) is 0 Å². The van der Waals surface area contributed by atoms with Gasteiger partial charge in [0.2, 0.25) is 0 Å². The smallest absolute Gasteiger partial charge is 0.119 e. The number of ether oxygens (including phenoxy) is 1.